The van der Waals surface area contributed by atoms with E-state index in [0.29, 0.717) is 22.7 Å². The molecule has 0 aliphatic rings. The van der Waals surface area contributed by atoms with Crippen molar-refractivity contribution in [1.82, 2.24) is 9.97 Å². The number of hydrogen-bond donors (Lipinski definition) is 2. The first-order valence-corrected chi connectivity index (χ1v) is 8.62. The molecule has 0 amide bonds. The van der Waals surface area contributed by atoms with Gasteiger partial charge in [-0.1, -0.05) is 0 Å². The van der Waals surface area contributed by atoms with Gasteiger partial charge >= 0.3 is 5.97 Å². The quantitative estimate of drug-likeness (QED) is 0.527. The maximum atomic E-state index is 12.1. The van der Waals surface area contributed by atoms with Gasteiger partial charge < -0.3 is 20.0 Å². The summed E-state index contributed by atoms with van der Waals surface area (Å²) in [6.07, 6.45) is 0. The normalized spacial score (nSPS) is 11.0. The number of furan rings is 1. The average molecular weight is 359 g/mol. The first-order valence-electron chi connectivity index (χ1n) is 7.64. The predicted octanol–water partition coefficient (Wildman–Crippen LogP) is 3.29. The number of nitrogen functional groups attached to an aromatic ring is 1. The van der Waals surface area contributed by atoms with Gasteiger partial charge in [0.25, 0.3) is 0 Å². The van der Waals surface area contributed by atoms with Gasteiger partial charge in [0, 0.05) is 4.90 Å². The third-order valence-electron chi connectivity index (χ3n) is 3.49. The van der Waals surface area contributed by atoms with Gasteiger partial charge in [0.2, 0.25) is 5.71 Å². The number of aryl methyl sites for hydroxylation is 1. The lowest BCUT2D eigenvalue weighted by Crippen LogP contribution is -2.07. The van der Waals surface area contributed by atoms with E-state index in [1.807, 2.05) is 0 Å². The third-order valence-corrected chi connectivity index (χ3v) is 4.49. The van der Waals surface area contributed by atoms with Crippen LogP contribution in [0.4, 0.5) is 5.82 Å². The highest BCUT2D eigenvalue weighted by atomic mass is 32.2. The van der Waals surface area contributed by atoms with E-state index in [-0.39, 0.29) is 29.5 Å². The highest BCUT2D eigenvalue weighted by Gasteiger charge is 2.23. The minimum atomic E-state index is -0.500. The average Bonchev–Trinajstić information content (AvgIpc) is 2.91. The van der Waals surface area contributed by atoms with Crippen molar-refractivity contribution < 1.29 is 19.1 Å². The zero-order chi connectivity index (χ0) is 18.0. The molecule has 0 radical (unpaired) electrons. The number of carbonyl (C=O) groups is 1. The van der Waals surface area contributed by atoms with Crippen molar-refractivity contribution >= 4 is 34.6 Å². The third kappa shape index (κ3) is 3.53. The molecule has 130 valence electrons. The van der Waals surface area contributed by atoms with Crippen molar-refractivity contribution in [1.29, 1.82) is 0 Å². The number of fused-ring (bicyclic) bond motifs is 1. The Bertz CT molecular complexity index is 922. The van der Waals surface area contributed by atoms with E-state index in [4.69, 9.17) is 14.9 Å². The van der Waals surface area contributed by atoms with Crippen molar-refractivity contribution in [2.75, 3.05) is 12.3 Å². The standard InChI is InChI=1S/C17H17N3O4S/c1-3-23-17(22)13-9(2)24-16-14(13)15(18)19-12(20-16)8-25-11-6-4-10(21)5-7-11/h4-7,21H,3,8H2,1-2H3,(H2,18,19,20). The molecule has 0 saturated carbocycles. The van der Waals surface area contributed by atoms with Crippen molar-refractivity contribution in [3.8, 4) is 5.75 Å². The molecule has 7 nitrogen and oxygen atoms in total. The summed E-state index contributed by atoms with van der Waals surface area (Å²) in [5, 5.41) is 9.69. The maximum absolute atomic E-state index is 12.1. The molecule has 2 heterocycles. The molecule has 8 heteroatoms. The molecule has 0 atom stereocenters. The molecule has 1 aromatic carbocycles. The van der Waals surface area contributed by atoms with Crippen molar-refractivity contribution in [2.24, 2.45) is 0 Å². The number of rotatable bonds is 5. The van der Waals surface area contributed by atoms with Gasteiger partial charge in [0.05, 0.1) is 17.7 Å². The molecule has 2 aromatic heterocycles. The molecule has 0 bridgehead atoms. The monoisotopic (exact) mass is 359 g/mol. The molecule has 0 aliphatic carbocycles. The van der Waals surface area contributed by atoms with Gasteiger partial charge in [0.15, 0.2) is 0 Å². The summed E-state index contributed by atoms with van der Waals surface area (Å²) in [5.41, 5.74) is 6.58. The Balaban J connectivity index is 1.89. The van der Waals surface area contributed by atoms with Crippen molar-refractivity contribution in [3.63, 3.8) is 0 Å². The number of aromatic nitrogens is 2. The second-order valence-electron chi connectivity index (χ2n) is 5.24. The zero-order valence-corrected chi connectivity index (χ0v) is 14.6. The molecule has 0 spiro atoms. The number of esters is 1. The second-order valence-corrected chi connectivity index (χ2v) is 6.29. The second kappa shape index (κ2) is 7.02. The summed E-state index contributed by atoms with van der Waals surface area (Å²) in [4.78, 5) is 21.7. The van der Waals surface area contributed by atoms with Crippen molar-refractivity contribution in [3.05, 3.63) is 41.4 Å². The fourth-order valence-corrected chi connectivity index (χ4v) is 3.14. The van der Waals surface area contributed by atoms with E-state index >= 15 is 0 Å². The molecule has 0 saturated heterocycles. The van der Waals surface area contributed by atoms with Gasteiger partial charge in [-0.15, -0.1) is 11.8 Å². The number of nitrogens with two attached hydrogens (primary N) is 1. The first kappa shape index (κ1) is 17.1. The predicted molar refractivity (Wildman–Crippen MR) is 94.6 cm³/mol. The lowest BCUT2D eigenvalue weighted by Gasteiger charge is -2.04. The Kier molecular flexibility index (Phi) is 4.80. The van der Waals surface area contributed by atoms with Crippen LogP contribution in [0.5, 0.6) is 5.75 Å². The first-order chi connectivity index (χ1) is 12.0. The minimum absolute atomic E-state index is 0.186. The van der Waals surface area contributed by atoms with Crippen LogP contribution in [-0.2, 0) is 10.5 Å². The van der Waals surface area contributed by atoms with E-state index < -0.39 is 5.97 Å². The van der Waals surface area contributed by atoms with Gasteiger partial charge in [-0.25, -0.2) is 9.78 Å². The number of ether oxygens (including phenoxy) is 1. The van der Waals surface area contributed by atoms with Crippen LogP contribution in [0.3, 0.4) is 0 Å². The highest BCUT2D eigenvalue weighted by Crippen LogP contribution is 2.30. The summed E-state index contributed by atoms with van der Waals surface area (Å²) in [7, 11) is 0. The number of carbonyl (C=O) groups excluding carboxylic acids is 1. The van der Waals surface area contributed by atoms with Gasteiger partial charge in [0.1, 0.15) is 28.7 Å². The zero-order valence-electron chi connectivity index (χ0n) is 13.8. The molecule has 3 N–H and O–H groups in total. The van der Waals surface area contributed by atoms with Crippen molar-refractivity contribution in [2.45, 2.75) is 24.5 Å². The summed E-state index contributed by atoms with van der Waals surface area (Å²) in [6, 6.07) is 6.83. The summed E-state index contributed by atoms with van der Waals surface area (Å²) >= 11 is 1.50. The number of phenolic OH excluding ortho intramolecular Hbond substituents is 1. The fourth-order valence-electron chi connectivity index (χ4n) is 2.39. The molecular weight excluding hydrogens is 342 g/mol. The molecular formula is C17H17N3O4S. The van der Waals surface area contributed by atoms with Crippen LogP contribution in [0.1, 0.15) is 28.9 Å². The summed E-state index contributed by atoms with van der Waals surface area (Å²) in [5.74, 6) is 1.26. The number of anilines is 1. The summed E-state index contributed by atoms with van der Waals surface area (Å²) in [6.45, 7) is 3.65. The molecule has 0 aliphatic heterocycles. The fraction of sp³-hybridized carbons (Fsp3) is 0.235. The van der Waals surface area contributed by atoms with Crippen LogP contribution in [0.2, 0.25) is 0 Å². The van der Waals surface area contributed by atoms with Gasteiger partial charge in [-0.3, -0.25) is 0 Å². The van der Waals surface area contributed by atoms with E-state index in [2.05, 4.69) is 9.97 Å². The lowest BCUT2D eigenvalue weighted by molar-refractivity contribution is 0.0526. The van der Waals surface area contributed by atoms with Crippen LogP contribution < -0.4 is 5.73 Å². The molecule has 0 unspecified atom stereocenters. The highest BCUT2D eigenvalue weighted by molar-refractivity contribution is 7.98. The van der Waals surface area contributed by atoms with E-state index in [1.54, 1.807) is 38.1 Å². The maximum Gasteiger partial charge on any atom is 0.342 e. The van der Waals surface area contributed by atoms with Crippen LogP contribution in [0.15, 0.2) is 33.6 Å². The van der Waals surface area contributed by atoms with E-state index in [9.17, 15) is 9.90 Å². The Labute approximate surface area is 148 Å². The van der Waals surface area contributed by atoms with Crippen LogP contribution in [-0.4, -0.2) is 27.7 Å². The molecule has 25 heavy (non-hydrogen) atoms. The van der Waals surface area contributed by atoms with E-state index in [0.717, 1.165) is 4.90 Å². The Morgan fingerprint density at radius 2 is 2.04 bits per heavy atom. The Hall–Kier alpha value is -2.74. The molecule has 0 fully saturated rings. The van der Waals surface area contributed by atoms with Gasteiger partial charge in [-0.2, -0.15) is 4.98 Å². The molecule has 3 aromatic rings. The number of nitrogens with zero attached hydrogens (tertiary/aromatic N) is 2. The Morgan fingerprint density at radius 1 is 1.32 bits per heavy atom. The van der Waals surface area contributed by atoms with E-state index in [1.165, 1.54) is 11.8 Å². The van der Waals surface area contributed by atoms with Crippen LogP contribution >= 0.6 is 11.8 Å². The topological polar surface area (TPSA) is 111 Å². The number of benzene rings is 1. The number of thioether (sulfide) groups is 1. The number of phenols is 1. The smallest absolute Gasteiger partial charge is 0.342 e. The number of hydrogen-bond acceptors (Lipinski definition) is 8. The Morgan fingerprint density at radius 3 is 2.72 bits per heavy atom. The molecule has 3 rings (SSSR count). The van der Waals surface area contributed by atoms with Crippen LogP contribution in [0, 0.1) is 6.92 Å². The largest absolute Gasteiger partial charge is 0.508 e. The minimum Gasteiger partial charge on any atom is -0.508 e. The summed E-state index contributed by atoms with van der Waals surface area (Å²) < 4.78 is 10.6. The number of aromatic hydroxyl groups is 1. The van der Waals surface area contributed by atoms with Gasteiger partial charge in [-0.05, 0) is 38.1 Å². The van der Waals surface area contributed by atoms with Crippen LogP contribution in [0.25, 0.3) is 11.1 Å². The lowest BCUT2D eigenvalue weighted by atomic mass is 10.2. The SMILES string of the molecule is CCOC(=O)c1c(C)oc2nc(CSc3ccc(O)cc3)nc(N)c12.